The van der Waals surface area contributed by atoms with Gasteiger partial charge in [-0.2, -0.15) is 13.2 Å². The molecule has 1 amide bonds. The molecule has 1 unspecified atom stereocenters. The third-order valence-electron chi connectivity index (χ3n) is 4.79. The molecule has 0 aliphatic heterocycles. The van der Waals surface area contributed by atoms with E-state index < -0.39 is 19.2 Å². The molecule has 0 saturated heterocycles. The Morgan fingerprint density at radius 3 is 2.41 bits per heavy atom. The highest BCUT2D eigenvalue weighted by molar-refractivity contribution is 5.94. The normalized spacial score (nSPS) is 12.5. The second kappa shape index (κ2) is 10.6. The number of carbonyl (C=O) groups is 2. The number of carbonyl (C=O) groups excluding carboxylic acids is 2. The molecule has 0 aliphatic rings. The number of nitrogens with one attached hydrogen (secondary N) is 1. The molecule has 9 heteroatoms. The smallest absolute Gasteiger partial charge is 0.392 e. The quantitative estimate of drug-likeness (QED) is 0.599. The van der Waals surface area contributed by atoms with Crippen LogP contribution in [0.2, 0.25) is 0 Å². The number of aromatic nitrogens is 2. The number of halogens is 3. The Labute approximate surface area is 185 Å². The third-order valence-corrected chi connectivity index (χ3v) is 4.79. The summed E-state index contributed by atoms with van der Waals surface area (Å²) >= 11 is 0. The van der Waals surface area contributed by atoms with Gasteiger partial charge >= 0.3 is 6.18 Å². The van der Waals surface area contributed by atoms with Crippen molar-refractivity contribution in [1.82, 2.24) is 15.3 Å². The first-order chi connectivity index (χ1) is 14.9. The fraction of sp³-hybridized carbons (Fsp3) is 0.478. The number of nitrogens with zero attached hydrogens (tertiary/aromatic N) is 2. The summed E-state index contributed by atoms with van der Waals surface area (Å²) < 4.78 is 41.9. The lowest BCUT2D eigenvalue weighted by atomic mass is 10.0. The number of ether oxygens (including phenoxy) is 1. The number of rotatable bonds is 9. The van der Waals surface area contributed by atoms with Crippen LogP contribution in [0.4, 0.5) is 13.2 Å². The van der Waals surface area contributed by atoms with Gasteiger partial charge in [0.2, 0.25) is 5.88 Å². The highest BCUT2D eigenvalue weighted by Gasteiger charge is 2.27. The van der Waals surface area contributed by atoms with Gasteiger partial charge in [-0.1, -0.05) is 13.8 Å². The van der Waals surface area contributed by atoms with Crippen molar-refractivity contribution >= 4 is 11.7 Å². The van der Waals surface area contributed by atoms with Crippen molar-refractivity contribution < 1.29 is 27.5 Å². The Balaban J connectivity index is 2.06. The summed E-state index contributed by atoms with van der Waals surface area (Å²) in [5.41, 5.74) is 2.93. The molecule has 0 radical (unpaired) electrons. The Morgan fingerprint density at radius 2 is 1.81 bits per heavy atom. The van der Waals surface area contributed by atoms with Crippen LogP contribution in [0.3, 0.4) is 0 Å². The first-order valence-corrected chi connectivity index (χ1v) is 10.3. The second-order valence-corrected chi connectivity index (χ2v) is 8.09. The predicted octanol–water partition coefficient (Wildman–Crippen LogP) is 4.68. The topological polar surface area (TPSA) is 81.2 Å². The minimum absolute atomic E-state index is 0.0584. The van der Waals surface area contributed by atoms with Crippen molar-refractivity contribution in [1.29, 1.82) is 0 Å². The summed E-state index contributed by atoms with van der Waals surface area (Å²) in [4.78, 5) is 33.1. The second-order valence-electron chi connectivity index (χ2n) is 8.09. The monoisotopic (exact) mass is 451 g/mol. The Hall–Kier alpha value is -2.97. The summed E-state index contributed by atoms with van der Waals surface area (Å²) in [5, 5.41) is 2.87. The zero-order valence-electron chi connectivity index (χ0n) is 18.8. The van der Waals surface area contributed by atoms with Crippen LogP contribution in [-0.2, 0) is 11.2 Å². The average molecular weight is 451 g/mol. The molecule has 1 atom stereocenters. The molecule has 0 fully saturated rings. The van der Waals surface area contributed by atoms with Crippen molar-refractivity contribution in [2.45, 2.75) is 59.7 Å². The highest BCUT2D eigenvalue weighted by Crippen LogP contribution is 2.22. The summed E-state index contributed by atoms with van der Waals surface area (Å²) in [6, 6.07) is 4.80. The summed E-state index contributed by atoms with van der Waals surface area (Å²) in [7, 11) is 0. The van der Waals surface area contributed by atoms with Gasteiger partial charge in [0.1, 0.15) is 5.78 Å². The van der Waals surface area contributed by atoms with E-state index in [1.165, 1.54) is 12.3 Å². The van der Waals surface area contributed by atoms with Crippen LogP contribution in [0.15, 0.2) is 24.4 Å². The van der Waals surface area contributed by atoms with Gasteiger partial charge in [-0.05, 0) is 44.5 Å². The van der Waals surface area contributed by atoms with E-state index in [0.717, 1.165) is 11.3 Å². The maximum absolute atomic E-state index is 12.7. The molecule has 2 heterocycles. The molecule has 0 aliphatic carbocycles. The number of hydrogen-bond donors (Lipinski definition) is 1. The number of alkyl halides is 3. The molecule has 0 saturated carbocycles. The zero-order valence-corrected chi connectivity index (χ0v) is 18.8. The molecule has 0 aromatic carbocycles. The van der Waals surface area contributed by atoms with E-state index in [0.29, 0.717) is 11.3 Å². The van der Waals surface area contributed by atoms with E-state index in [1.54, 1.807) is 13.0 Å². The fourth-order valence-electron chi connectivity index (χ4n) is 2.95. The van der Waals surface area contributed by atoms with Gasteiger partial charge in [0, 0.05) is 35.5 Å². The standard InChI is InChI=1S/C23H28F3N3O3/c1-13(2)20(30)11-19-10-17(9-15(4)28-19)16(5)29-21(31)18-8-14(3)22(27-12-18)32-7-6-23(24,25)26/h8-10,12-13,16H,6-7,11H2,1-5H3,(H,29,31). The van der Waals surface area contributed by atoms with Gasteiger partial charge in [0.25, 0.3) is 5.91 Å². The summed E-state index contributed by atoms with van der Waals surface area (Å²) in [5.74, 6) is -0.328. The van der Waals surface area contributed by atoms with Gasteiger partial charge in [0.05, 0.1) is 24.6 Å². The van der Waals surface area contributed by atoms with Gasteiger partial charge in [-0.3, -0.25) is 14.6 Å². The molecule has 6 nitrogen and oxygen atoms in total. The molecule has 0 spiro atoms. The van der Waals surface area contributed by atoms with E-state index in [4.69, 9.17) is 4.74 Å². The van der Waals surface area contributed by atoms with Crippen LogP contribution >= 0.6 is 0 Å². The van der Waals surface area contributed by atoms with Gasteiger partial charge in [0.15, 0.2) is 0 Å². The van der Waals surface area contributed by atoms with Crippen LogP contribution in [0.5, 0.6) is 5.88 Å². The SMILES string of the molecule is Cc1cc(C(C)NC(=O)c2cnc(OCCC(F)(F)F)c(C)c2)cc(CC(=O)C(C)C)n1. The Kier molecular flexibility index (Phi) is 8.35. The zero-order chi connectivity index (χ0) is 24.1. The van der Waals surface area contributed by atoms with Crippen LogP contribution in [-0.4, -0.2) is 34.4 Å². The molecule has 0 bridgehead atoms. The lowest BCUT2D eigenvalue weighted by molar-refractivity contribution is -0.139. The number of hydrogen-bond acceptors (Lipinski definition) is 5. The minimum Gasteiger partial charge on any atom is -0.477 e. The van der Waals surface area contributed by atoms with Crippen LogP contribution in [0.25, 0.3) is 0 Å². The predicted molar refractivity (Wildman–Crippen MR) is 114 cm³/mol. The molecule has 174 valence electrons. The lowest BCUT2D eigenvalue weighted by Crippen LogP contribution is -2.27. The average Bonchev–Trinajstić information content (AvgIpc) is 2.67. The summed E-state index contributed by atoms with van der Waals surface area (Å²) in [6.45, 7) is 8.39. The van der Waals surface area contributed by atoms with E-state index in [9.17, 15) is 22.8 Å². The van der Waals surface area contributed by atoms with E-state index in [1.807, 2.05) is 33.8 Å². The third kappa shape index (κ3) is 7.62. The van der Waals surface area contributed by atoms with Crippen molar-refractivity contribution in [3.63, 3.8) is 0 Å². The maximum atomic E-state index is 12.7. The molecular formula is C23H28F3N3O3. The van der Waals surface area contributed by atoms with Gasteiger partial charge < -0.3 is 10.1 Å². The van der Waals surface area contributed by atoms with Gasteiger partial charge in [-0.15, -0.1) is 0 Å². The maximum Gasteiger partial charge on any atom is 0.392 e. The number of Topliss-reactive ketones (excluding diaryl/α,β-unsaturated/α-hetero) is 1. The molecule has 2 rings (SSSR count). The lowest BCUT2D eigenvalue weighted by Gasteiger charge is -2.17. The molecule has 2 aromatic rings. The summed E-state index contributed by atoms with van der Waals surface area (Å²) in [6.07, 6.45) is -3.89. The molecule has 2 aromatic heterocycles. The number of aryl methyl sites for hydroxylation is 2. The Bertz CT molecular complexity index is 975. The fourth-order valence-corrected chi connectivity index (χ4v) is 2.95. The van der Waals surface area contributed by atoms with Crippen LogP contribution < -0.4 is 10.1 Å². The van der Waals surface area contributed by atoms with Crippen molar-refractivity contribution in [3.05, 3.63) is 52.5 Å². The van der Waals surface area contributed by atoms with E-state index >= 15 is 0 Å². The van der Waals surface area contributed by atoms with Crippen LogP contribution in [0.1, 0.15) is 66.1 Å². The highest BCUT2D eigenvalue weighted by atomic mass is 19.4. The number of amides is 1. The van der Waals surface area contributed by atoms with Crippen molar-refractivity contribution in [3.8, 4) is 5.88 Å². The molecule has 32 heavy (non-hydrogen) atoms. The molecular weight excluding hydrogens is 423 g/mol. The van der Waals surface area contributed by atoms with E-state index in [2.05, 4.69) is 15.3 Å². The van der Waals surface area contributed by atoms with E-state index in [-0.39, 0.29) is 41.5 Å². The first-order valence-electron chi connectivity index (χ1n) is 10.3. The number of ketones is 1. The van der Waals surface area contributed by atoms with Crippen molar-refractivity contribution in [2.24, 2.45) is 5.92 Å². The van der Waals surface area contributed by atoms with Gasteiger partial charge in [-0.25, -0.2) is 4.98 Å². The number of pyridine rings is 2. The largest absolute Gasteiger partial charge is 0.477 e. The molecule has 1 N–H and O–H groups in total. The van der Waals surface area contributed by atoms with Crippen molar-refractivity contribution in [2.75, 3.05) is 6.61 Å². The minimum atomic E-state index is -4.31. The first kappa shape index (κ1) is 25.3. The Morgan fingerprint density at radius 1 is 1.12 bits per heavy atom. The van der Waals surface area contributed by atoms with Crippen LogP contribution in [0, 0.1) is 19.8 Å².